The number of carbonyl (C=O) groups is 3. The highest BCUT2D eigenvalue weighted by Gasteiger charge is 2.54. The van der Waals surface area contributed by atoms with E-state index in [0.29, 0.717) is 102 Å². The molecule has 6 aliphatic rings. The lowest BCUT2D eigenvalue weighted by Gasteiger charge is -2.48. The molecule has 0 bridgehead atoms. The number of benzene rings is 3. The molecule has 0 saturated carbocycles. The van der Waals surface area contributed by atoms with Crippen molar-refractivity contribution in [1.82, 2.24) is 14.7 Å². The lowest BCUT2D eigenvalue weighted by atomic mass is 9.84. The number of fused-ring (bicyclic) bond motifs is 3. The van der Waals surface area contributed by atoms with E-state index < -0.39 is 61.1 Å². The number of likely N-dealkylation sites (tertiary alicyclic amines) is 3. The Morgan fingerprint density at radius 3 is 1.17 bits per heavy atom. The summed E-state index contributed by atoms with van der Waals surface area (Å²) in [5.41, 5.74) is -0.294. The molecule has 3 aromatic rings. The highest BCUT2D eigenvalue weighted by molar-refractivity contribution is 7.48. The van der Waals surface area contributed by atoms with Crippen molar-refractivity contribution in [3.05, 3.63) is 88.0 Å². The van der Waals surface area contributed by atoms with Gasteiger partial charge in [0, 0.05) is 55.6 Å². The van der Waals surface area contributed by atoms with Gasteiger partial charge in [-0.2, -0.15) is 15.8 Å². The number of nitriles is 3. The van der Waals surface area contributed by atoms with Crippen LogP contribution >= 0.6 is 7.82 Å². The summed E-state index contributed by atoms with van der Waals surface area (Å²) in [4.78, 5) is 45.5. The van der Waals surface area contributed by atoms with E-state index in [1.54, 1.807) is 83.1 Å². The lowest BCUT2D eigenvalue weighted by molar-refractivity contribution is -0.152. The Kier molecular flexibility index (Phi) is 13.7. The SMILES string of the molecule is CC1(C)Oc2ccc(C#N)cc2C(N2CCCC2=O)[C@H]1OP(=O)(OCCO[C@@H]1[C@@H](N2CCCC2=O)c2cc(C#N)ccc2OC1(C)C)OCCO[C@@H]1[C@@H](N2CCCC2=O)c2cc(C#N)ccc2OC1(C)C. The van der Waals surface area contributed by atoms with Crippen molar-refractivity contribution in [3.8, 4) is 35.5 Å². The number of ether oxygens (including phenoxy) is 5. The second kappa shape index (κ2) is 19.5. The number of rotatable bonds is 15. The zero-order valence-corrected chi connectivity index (χ0v) is 41.8. The molecular weight excluding hydrogens is 932 g/mol. The molecule has 0 aliphatic carbocycles. The van der Waals surface area contributed by atoms with E-state index in [-0.39, 0.29) is 50.6 Å². The zero-order valence-electron chi connectivity index (χ0n) is 40.9. The molecule has 6 heterocycles. The number of amides is 3. The summed E-state index contributed by atoms with van der Waals surface area (Å²) in [6, 6.07) is 19.6. The highest BCUT2D eigenvalue weighted by Crippen LogP contribution is 2.57. The van der Waals surface area contributed by atoms with E-state index in [2.05, 4.69) is 18.2 Å². The Bertz CT molecular complexity index is 2650. The molecule has 18 nitrogen and oxygen atoms in total. The monoisotopic (exact) mass is 990 g/mol. The van der Waals surface area contributed by atoms with Crippen molar-refractivity contribution in [2.75, 3.05) is 46.1 Å². The van der Waals surface area contributed by atoms with Gasteiger partial charge >= 0.3 is 7.82 Å². The fourth-order valence-electron chi connectivity index (χ4n) is 11.0. The number of phosphoric ester groups is 1. The number of hydrogen-bond donors (Lipinski definition) is 0. The van der Waals surface area contributed by atoms with Crippen LogP contribution in [0.15, 0.2) is 54.6 Å². The molecule has 3 amide bonds. The maximum atomic E-state index is 15.5. The van der Waals surface area contributed by atoms with E-state index in [1.807, 2.05) is 27.7 Å². The number of hydrogen-bond acceptors (Lipinski definition) is 15. The molecule has 3 aromatic carbocycles. The van der Waals surface area contributed by atoms with Gasteiger partial charge in [0.1, 0.15) is 52.4 Å². The predicted octanol–water partition coefficient (Wildman–Crippen LogP) is 7.50. The van der Waals surface area contributed by atoms with Gasteiger partial charge in [0.05, 0.1) is 79.5 Å². The van der Waals surface area contributed by atoms with Crippen LogP contribution in [-0.2, 0) is 42.0 Å². The molecule has 0 N–H and O–H groups in total. The summed E-state index contributed by atoms with van der Waals surface area (Å²) in [7, 11) is -4.73. The van der Waals surface area contributed by atoms with Crippen LogP contribution in [0.25, 0.3) is 0 Å². The van der Waals surface area contributed by atoms with Gasteiger partial charge in [0.15, 0.2) is 0 Å². The third kappa shape index (κ3) is 9.72. The minimum absolute atomic E-state index is 0.0520. The van der Waals surface area contributed by atoms with Crippen LogP contribution in [0.1, 0.15) is 132 Å². The highest BCUT2D eigenvalue weighted by atomic mass is 31.2. The van der Waals surface area contributed by atoms with Crippen LogP contribution in [0.5, 0.6) is 17.2 Å². The largest absolute Gasteiger partial charge is 0.485 e. The van der Waals surface area contributed by atoms with E-state index in [0.717, 1.165) is 0 Å². The predicted molar refractivity (Wildman–Crippen MR) is 253 cm³/mol. The molecule has 6 atom stereocenters. The normalized spacial score (nSPS) is 26.0. The van der Waals surface area contributed by atoms with Gasteiger partial charge in [-0.1, -0.05) is 0 Å². The van der Waals surface area contributed by atoms with Crippen molar-refractivity contribution in [3.63, 3.8) is 0 Å². The van der Waals surface area contributed by atoms with E-state index in [4.69, 9.17) is 37.3 Å². The van der Waals surface area contributed by atoms with E-state index >= 15 is 4.57 Å². The molecule has 0 radical (unpaired) electrons. The van der Waals surface area contributed by atoms with Crippen molar-refractivity contribution < 1.29 is 56.2 Å². The second-order valence-corrected chi connectivity index (χ2v) is 22.0. The standard InChI is InChI=1S/C52H59N6O12P/c1-50(2)47(44(56-19-7-10-41(56)59)35-26-32(29-53)13-16-38(35)67-50)63-22-24-65-71(62,70-49-46(58-21-9-12-43(58)61)37-28-34(31-55)15-18-40(37)69-52(49,5)6)66-25-23-64-48-45(57-20-8-11-42(57)60)36-27-33(30-54)14-17-39(36)68-51(48,3)4/h13-18,26-28,44-49H,7-12,19-25H2,1-6H3/t44-,45-,46?,47+,48+,49+/m0/s1. The van der Waals surface area contributed by atoms with E-state index in [9.17, 15) is 30.2 Å². The number of carbonyl (C=O) groups excluding carboxylic acids is 3. The first-order valence-electron chi connectivity index (χ1n) is 24.3. The van der Waals surface area contributed by atoms with Crippen LogP contribution in [0.4, 0.5) is 0 Å². The summed E-state index contributed by atoms with van der Waals surface area (Å²) in [6.07, 6.45) is 0.229. The summed E-state index contributed by atoms with van der Waals surface area (Å²) in [6.45, 7) is 11.2. The number of nitrogens with zero attached hydrogens (tertiary/aromatic N) is 6. The molecule has 19 heteroatoms. The Labute approximate surface area is 413 Å². The average molecular weight is 991 g/mol. The van der Waals surface area contributed by atoms with Gasteiger partial charge < -0.3 is 38.4 Å². The minimum atomic E-state index is -4.73. The van der Waals surface area contributed by atoms with Crippen LogP contribution in [0.3, 0.4) is 0 Å². The van der Waals surface area contributed by atoms with Gasteiger partial charge in [-0.3, -0.25) is 28.0 Å². The Hall–Kier alpha value is -6.03. The average Bonchev–Trinajstić information content (AvgIpc) is 4.09. The maximum Gasteiger partial charge on any atom is 0.475 e. The fourth-order valence-corrected chi connectivity index (χ4v) is 12.5. The summed E-state index contributed by atoms with van der Waals surface area (Å²) >= 11 is 0. The van der Waals surface area contributed by atoms with Crippen molar-refractivity contribution in [1.29, 1.82) is 15.8 Å². The molecule has 0 aromatic heterocycles. The van der Waals surface area contributed by atoms with Gasteiger partial charge in [0.2, 0.25) is 17.7 Å². The molecular formula is C52H59N6O12P. The quantitative estimate of drug-likeness (QED) is 0.106. The fraction of sp³-hybridized carbons (Fsp3) is 0.538. The molecule has 6 aliphatic heterocycles. The molecule has 3 fully saturated rings. The molecule has 3 saturated heterocycles. The smallest absolute Gasteiger partial charge is 0.475 e. The van der Waals surface area contributed by atoms with Crippen LogP contribution in [-0.4, -0.2) is 114 Å². The molecule has 1 unspecified atom stereocenters. The topological polar surface area (TPSA) is 223 Å². The maximum absolute atomic E-state index is 15.5. The van der Waals surface area contributed by atoms with Crippen LogP contribution < -0.4 is 14.2 Å². The van der Waals surface area contributed by atoms with Gasteiger partial charge in [-0.05, 0) is 115 Å². The van der Waals surface area contributed by atoms with Crippen molar-refractivity contribution >= 4 is 25.5 Å². The van der Waals surface area contributed by atoms with Crippen LogP contribution in [0, 0.1) is 34.0 Å². The van der Waals surface area contributed by atoms with Gasteiger partial charge in [0.25, 0.3) is 0 Å². The Morgan fingerprint density at radius 2 is 0.859 bits per heavy atom. The first-order valence-corrected chi connectivity index (χ1v) is 25.7. The molecule has 9 rings (SSSR count). The summed E-state index contributed by atoms with van der Waals surface area (Å²) < 4.78 is 67.2. The van der Waals surface area contributed by atoms with Gasteiger partial charge in [-0.15, -0.1) is 0 Å². The van der Waals surface area contributed by atoms with E-state index in [1.165, 1.54) is 0 Å². The van der Waals surface area contributed by atoms with Crippen molar-refractivity contribution in [2.24, 2.45) is 0 Å². The Balaban J connectivity index is 1.00. The Morgan fingerprint density at radius 1 is 0.535 bits per heavy atom. The third-order valence-corrected chi connectivity index (χ3v) is 15.7. The zero-order chi connectivity index (χ0) is 50.5. The van der Waals surface area contributed by atoms with Crippen LogP contribution in [0.2, 0.25) is 0 Å². The molecule has 71 heavy (non-hydrogen) atoms. The molecule has 374 valence electrons. The minimum Gasteiger partial charge on any atom is -0.485 e. The second-order valence-electron chi connectivity index (χ2n) is 20.3. The first kappa shape index (κ1) is 49.9. The summed E-state index contributed by atoms with van der Waals surface area (Å²) in [5, 5.41) is 29.6. The van der Waals surface area contributed by atoms with Gasteiger partial charge in [-0.25, -0.2) is 4.57 Å². The first-order chi connectivity index (χ1) is 33.9. The lowest BCUT2D eigenvalue weighted by Crippen LogP contribution is -2.55. The molecule has 0 spiro atoms. The number of phosphoric acid groups is 1. The third-order valence-electron chi connectivity index (χ3n) is 14.2. The summed E-state index contributed by atoms with van der Waals surface area (Å²) in [5.74, 6) is 1.26. The van der Waals surface area contributed by atoms with Crippen molar-refractivity contribution in [2.45, 2.75) is 133 Å².